The highest BCUT2D eigenvalue weighted by Crippen LogP contribution is 2.16. The predicted molar refractivity (Wildman–Crippen MR) is 52.9 cm³/mol. The van der Waals surface area contributed by atoms with Crippen molar-refractivity contribution in [3.8, 4) is 0 Å². The van der Waals surface area contributed by atoms with Crippen LogP contribution >= 0.6 is 0 Å². The zero-order chi connectivity index (χ0) is 13.8. The number of rotatable bonds is 5. The first-order chi connectivity index (χ1) is 8.29. The summed E-state index contributed by atoms with van der Waals surface area (Å²) in [7, 11) is 0. The molecule has 0 bridgehead atoms. The Morgan fingerprint density at radius 3 is 2.22 bits per heavy atom. The van der Waals surface area contributed by atoms with E-state index in [2.05, 4.69) is 4.74 Å². The van der Waals surface area contributed by atoms with E-state index in [1.54, 1.807) is 0 Å². The summed E-state index contributed by atoms with van der Waals surface area (Å²) in [5.41, 5.74) is -0.374. The van der Waals surface area contributed by atoms with Crippen LogP contribution in [0.2, 0.25) is 0 Å². The summed E-state index contributed by atoms with van der Waals surface area (Å²) in [6.45, 7) is -2.16. The number of ether oxygens (including phenoxy) is 1. The molecule has 7 heteroatoms. The van der Waals surface area contributed by atoms with Gasteiger partial charge >= 0.3 is 6.18 Å². The molecule has 1 rings (SSSR count). The maximum atomic E-state index is 13.2. The van der Waals surface area contributed by atoms with Crippen molar-refractivity contribution in [3.63, 3.8) is 0 Å². The highest BCUT2D eigenvalue weighted by atomic mass is 19.4. The van der Waals surface area contributed by atoms with Gasteiger partial charge in [0.25, 0.3) is 0 Å². The van der Waals surface area contributed by atoms with E-state index in [9.17, 15) is 27.1 Å². The Balaban J connectivity index is 2.47. The second-order valence-corrected chi connectivity index (χ2v) is 3.69. The van der Waals surface area contributed by atoms with Gasteiger partial charge in [0.1, 0.15) is 18.2 Å². The standard InChI is InChI=1S/C11H11F5O2/c12-9-2-1-3-10(13)8(9)4-7(17)5-18-6-11(14,15)16/h1-3,7,17H,4-6H2. The van der Waals surface area contributed by atoms with E-state index in [1.807, 2.05) is 0 Å². The third-order valence-electron chi connectivity index (χ3n) is 2.08. The van der Waals surface area contributed by atoms with E-state index in [0.717, 1.165) is 18.2 Å². The zero-order valence-electron chi connectivity index (χ0n) is 9.18. The van der Waals surface area contributed by atoms with Gasteiger partial charge in [-0.1, -0.05) is 6.07 Å². The maximum Gasteiger partial charge on any atom is 0.411 e. The Labute approximate surface area is 100.0 Å². The van der Waals surface area contributed by atoms with Crippen molar-refractivity contribution in [2.45, 2.75) is 18.7 Å². The van der Waals surface area contributed by atoms with E-state index < -0.39 is 43.5 Å². The van der Waals surface area contributed by atoms with Crippen LogP contribution < -0.4 is 0 Å². The highest BCUT2D eigenvalue weighted by Gasteiger charge is 2.28. The maximum absolute atomic E-state index is 13.2. The van der Waals surface area contributed by atoms with Crippen molar-refractivity contribution >= 4 is 0 Å². The molecule has 0 aromatic heterocycles. The molecule has 1 aromatic carbocycles. The van der Waals surface area contributed by atoms with Crippen molar-refractivity contribution in [2.24, 2.45) is 0 Å². The lowest BCUT2D eigenvalue weighted by atomic mass is 10.1. The average molecular weight is 270 g/mol. The van der Waals surface area contributed by atoms with Gasteiger partial charge in [-0.2, -0.15) is 13.2 Å². The molecule has 1 N–H and O–H groups in total. The van der Waals surface area contributed by atoms with Crippen LogP contribution in [0.15, 0.2) is 18.2 Å². The second-order valence-electron chi connectivity index (χ2n) is 3.69. The minimum atomic E-state index is -4.50. The number of aliphatic hydroxyl groups excluding tert-OH is 1. The highest BCUT2D eigenvalue weighted by molar-refractivity contribution is 5.20. The van der Waals surface area contributed by atoms with Gasteiger partial charge in [-0.25, -0.2) is 8.78 Å². The fourth-order valence-corrected chi connectivity index (χ4v) is 1.33. The zero-order valence-corrected chi connectivity index (χ0v) is 9.18. The summed E-state index contributed by atoms with van der Waals surface area (Å²) in [4.78, 5) is 0. The van der Waals surface area contributed by atoms with Crippen LogP contribution in [0.5, 0.6) is 0 Å². The largest absolute Gasteiger partial charge is 0.411 e. The van der Waals surface area contributed by atoms with Crippen LogP contribution in [-0.4, -0.2) is 30.6 Å². The Hall–Kier alpha value is -1.21. The number of hydrogen-bond donors (Lipinski definition) is 1. The van der Waals surface area contributed by atoms with Crippen molar-refractivity contribution < 1.29 is 31.8 Å². The molecule has 0 aliphatic heterocycles. The minimum Gasteiger partial charge on any atom is -0.390 e. The van der Waals surface area contributed by atoms with Crippen LogP contribution in [0.3, 0.4) is 0 Å². The fraction of sp³-hybridized carbons (Fsp3) is 0.455. The van der Waals surface area contributed by atoms with E-state index >= 15 is 0 Å². The summed E-state index contributed by atoms with van der Waals surface area (Å²) < 4.78 is 65.7. The first-order valence-corrected chi connectivity index (χ1v) is 5.05. The number of benzene rings is 1. The molecule has 2 nitrogen and oxygen atoms in total. The van der Waals surface area contributed by atoms with Crippen LogP contribution in [0, 0.1) is 11.6 Å². The molecule has 0 amide bonds. The molecule has 0 saturated heterocycles. The van der Waals surface area contributed by atoms with Crippen molar-refractivity contribution in [3.05, 3.63) is 35.4 Å². The van der Waals surface area contributed by atoms with Crippen LogP contribution in [0.4, 0.5) is 22.0 Å². The minimum absolute atomic E-state index is 0.374. The molecule has 0 aliphatic rings. The first kappa shape index (κ1) is 14.8. The fourth-order valence-electron chi connectivity index (χ4n) is 1.33. The number of alkyl halides is 3. The third kappa shape index (κ3) is 4.97. The quantitative estimate of drug-likeness (QED) is 0.833. The molecule has 0 radical (unpaired) electrons. The summed E-state index contributed by atoms with van der Waals surface area (Å²) in [5.74, 6) is -1.71. The summed E-state index contributed by atoms with van der Waals surface area (Å²) in [6.07, 6.45) is -6.35. The monoisotopic (exact) mass is 270 g/mol. The molecule has 0 saturated carbocycles. The van der Waals surface area contributed by atoms with Crippen molar-refractivity contribution in [1.29, 1.82) is 0 Å². The molecule has 0 spiro atoms. The lowest BCUT2D eigenvalue weighted by molar-refractivity contribution is -0.179. The molecule has 1 aromatic rings. The number of aliphatic hydroxyl groups is 1. The number of hydrogen-bond acceptors (Lipinski definition) is 2. The molecule has 0 aliphatic carbocycles. The summed E-state index contributed by atoms with van der Waals surface area (Å²) in [5, 5.41) is 9.32. The lowest BCUT2D eigenvalue weighted by Crippen LogP contribution is -2.24. The molecule has 18 heavy (non-hydrogen) atoms. The second kappa shape index (κ2) is 6.10. The van der Waals surface area contributed by atoms with E-state index in [1.165, 1.54) is 0 Å². The summed E-state index contributed by atoms with van der Waals surface area (Å²) >= 11 is 0. The SMILES string of the molecule is OC(COCC(F)(F)F)Cc1c(F)cccc1F. The topological polar surface area (TPSA) is 29.5 Å². The van der Waals surface area contributed by atoms with Gasteiger partial charge in [-0.3, -0.25) is 0 Å². The van der Waals surface area contributed by atoms with Gasteiger partial charge in [0.15, 0.2) is 0 Å². The third-order valence-corrected chi connectivity index (χ3v) is 2.08. The average Bonchev–Trinajstić information content (AvgIpc) is 2.22. The smallest absolute Gasteiger partial charge is 0.390 e. The number of halogens is 5. The normalized spacial score (nSPS) is 13.7. The van der Waals surface area contributed by atoms with Gasteiger partial charge in [-0.15, -0.1) is 0 Å². The molecular weight excluding hydrogens is 259 g/mol. The molecule has 0 heterocycles. The van der Waals surface area contributed by atoms with E-state index in [-0.39, 0.29) is 5.56 Å². The molecular formula is C11H11F5O2. The molecule has 1 atom stereocenters. The molecule has 0 fully saturated rings. The van der Waals surface area contributed by atoms with Gasteiger partial charge in [0.05, 0.1) is 12.7 Å². The van der Waals surface area contributed by atoms with Gasteiger partial charge < -0.3 is 9.84 Å². The molecule has 1 unspecified atom stereocenters. The van der Waals surface area contributed by atoms with Crippen molar-refractivity contribution in [2.75, 3.05) is 13.2 Å². The predicted octanol–water partition coefficient (Wildman–Crippen LogP) is 2.45. The van der Waals surface area contributed by atoms with Gasteiger partial charge in [-0.05, 0) is 12.1 Å². The Morgan fingerprint density at radius 1 is 1.17 bits per heavy atom. The van der Waals surface area contributed by atoms with Gasteiger partial charge in [0.2, 0.25) is 0 Å². The lowest BCUT2D eigenvalue weighted by Gasteiger charge is -2.13. The first-order valence-electron chi connectivity index (χ1n) is 5.05. The van der Waals surface area contributed by atoms with Crippen LogP contribution in [0.1, 0.15) is 5.56 Å². The van der Waals surface area contributed by atoms with Crippen LogP contribution in [0.25, 0.3) is 0 Å². The Bertz CT molecular complexity index is 371. The Morgan fingerprint density at radius 2 is 1.72 bits per heavy atom. The van der Waals surface area contributed by atoms with Crippen LogP contribution in [-0.2, 0) is 11.2 Å². The molecule has 102 valence electrons. The summed E-state index contributed by atoms with van der Waals surface area (Å²) in [6, 6.07) is 3.16. The van der Waals surface area contributed by atoms with Gasteiger partial charge in [0, 0.05) is 12.0 Å². The van der Waals surface area contributed by atoms with Crippen molar-refractivity contribution in [1.82, 2.24) is 0 Å². The van der Waals surface area contributed by atoms with E-state index in [0.29, 0.717) is 0 Å². The Kier molecular flexibility index (Phi) is 5.03. The van der Waals surface area contributed by atoms with E-state index in [4.69, 9.17) is 0 Å².